The van der Waals surface area contributed by atoms with Crippen molar-refractivity contribution in [3.63, 3.8) is 0 Å². The number of hydrogen-bond donors (Lipinski definition) is 1. The fraction of sp³-hybridized carbons (Fsp3) is 1.00. The Balaban J connectivity index is 3.74. The van der Waals surface area contributed by atoms with Crippen LogP contribution in [0, 0.1) is 0 Å². The average Bonchev–Trinajstić information content (AvgIpc) is 2.46. The molecule has 140 valence electrons. The number of ether oxygens (including phenoxy) is 2. The van der Waals surface area contributed by atoms with Gasteiger partial charge in [0.1, 0.15) is 0 Å². The normalized spacial score (nSPS) is 13.8. The second-order valence-electron chi connectivity index (χ2n) is 7.22. The largest absolute Gasteiger partial charge is 0.427 e. The Morgan fingerprint density at radius 3 is 1.48 bits per heavy atom. The Hall–Kier alpha value is 0.234. The van der Waals surface area contributed by atoms with E-state index in [4.69, 9.17) is 18.3 Å². The predicted octanol–water partition coefficient (Wildman–Crippen LogP) is 1.24. The van der Waals surface area contributed by atoms with Gasteiger partial charge in [0.25, 0.3) is 0 Å². The maximum atomic E-state index is 5.97. The van der Waals surface area contributed by atoms with Crippen molar-refractivity contribution < 1.29 is 18.3 Å². The summed E-state index contributed by atoms with van der Waals surface area (Å²) < 4.78 is 22.3. The van der Waals surface area contributed by atoms with Gasteiger partial charge in [-0.3, -0.25) is 0 Å². The summed E-state index contributed by atoms with van der Waals surface area (Å²) in [6.45, 7) is 11.8. The fourth-order valence-corrected chi connectivity index (χ4v) is 3.55. The van der Waals surface area contributed by atoms with E-state index in [0.29, 0.717) is 0 Å². The van der Waals surface area contributed by atoms with Gasteiger partial charge in [0.2, 0.25) is 0 Å². The third kappa shape index (κ3) is 15.5. The number of rotatable bonds is 16. The average molecular weight is 366 g/mol. The lowest BCUT2D eigenvalue weighted by atomic mass is 10.1. The molecule has 0 aliphatic carbocycles. The molecule has 0 saturated carbocycles. The molecular formula is C16H39NO4Si2. The monoisotopic (exact) mass is 365 g/mol. The van der Waals surface area contributed by atoms with E-state index in [1.54, 1.807) is 14.2 Å². The highest BCUT2D eigenvalue weighted by Gasteiger charge is 2.22. The summed E-state index contributed by atoms with van der Waals surface area (Å²) in [7, 11) is 2.97. The molecule has 0 aliphatic rings. The predicted molar refractivity (Wildman–Crippen MR) is 103 cm³/mol. The van der Waals surface area contributed by atoms with E-state index in [-0.39, 0.29) is 30.7 Å². The highest BCUT2D eigenvalue weighted by Crippen LogP contribution is 2.12. The van der Waals surface area contributed by atoms with Crippen LogP contribution in [0.3, 0.4) is 0 Å². The van der Waals surface area contributed by atoms with Crippen LogP contribution in [0.25, 0.3) is 0 Å². The standard InChI is InChI=1S/C16H39NO4Si2/c1-15(2,20-9-7-11-22-18-5)13-17-14-16(3,4)21-10-8-12-23-19-6/h17H,7-14,22-23H2,1-6H3. The van der Waals surface area contributed by atoms with Crippen molar-refractivity contribution in [2.45, 2.75) is 63.8 Å². The minimum atomic E-state index is -0.309. The van der Waals surface area contributed by atoms with Gasteiger partial charge in [-0.15, -0.1) is 0 Å². The van der Waals surface area contributed by atoms with Crippen molar-refractivity contribution in [1.82, 2.24) is 5.32 Å². The molecule has 1 N–H and O–H groups in total. The third-order valence-electron chi connectivity index (χ3n) is 3.57. The zero-order chi connectivity index (χ0) is 17.6. The van der Waals surface area contributed by atoms with Gasteiger partial charge in [-0.05, 0) is 52.6 Å². The van der Waals surface area contributed by atoms with Gasteiger partial charge in [-0.25, -0.2) is 0 Å². The van der Waals surface area contributed by atoms with E-state index in [1.807, 2.05) is 0 Å². The smallest absolute Gasteiger partial charge is 0.161 e. The highest BCUT2D eigenvalue weighted by atomic mass is 28.2. The van der Waals surface area contributed by atoms with Crippen molar-refractivity contribution in [1.29, 1.82) is 0 Å². The Kier molecular flexibility index (Phi) is 13.7. The zero-order valence-electron chi connectivity index (χ0n) is 16.2. The van der Waals surface area contributed by atoms with Crippen molar-refractivity contribution in [2.75, 3.05) is 40.5 Å². The Bertz CT molecular complexity index is 253. The summed E-state index contributed by atoms with van der Waals surface area (Å²) in [5, 5.41) is 3.49. The van der Waals surface area contributed by atoms with Crippen LogP contribution in [0.2, 0.25) is 12.1 Å². The minimum Gasteiger partial charge on any atom is -0.427 e. The van der Waals surface area contributed by atoms with Gasteiger partial charge in [0, 0.05) is 40.5 Å². The molecule has 0 bridgehead atoms. The molecule has 0 fully saturated rings. The minimum absolute atomic E-state index is 0.144. The Morgan fingerprint density at radius 1 is 0.739 bits per heavy atom. The summed E-state index contributed by atoms with van der Waals surface area (Å²) in [6, 6.07) is 2.37. The van der Waals surface area contributed by atoms with Crippen LogP contribution in [0.15, 0.2) is 0 Å². The van der Waals surface area contributed by atoms with Crippen LogP contribution in [0.4, 0.5) is 0 Å². The summed E-state index contributed by atoms with van der Waals surface area (Å²) >= 11 is 0. The quantitative estimate of drug-likeness (QED) is 0.329. The van der Waals surface area contributed by atoms with Gasteiger partial charge in [-0.1, -0.05) is 0 Å². The Labute approximate surface area is 148 Å². The third-order valence-corrected chi connectivity index (χ3v) is 5.97. The molecule has 0 radical (unpaired) electrons. The van der Waals surface area contributed by atoms with Crippen LogP contribution in [-0.4, -0.2) is 71.3 Å². The van der Waals surface area contributed by atoms with E-state index >= 15 is 0 Å². The molecule has 23 heavy (non-hydrogen) atoms. The van der Waals surface area contributed by atoms with Crippen LogP contribution in [0.5, 0.6) is 0 Å². The van der Waals surface area contributed by atoms with E-state index in [1.165, 1.54) is 12.1 Å². The van der Waals surface area contributed by atoms with Crippen LogP contribution >= 0.6 is 0 Å². The molecule has 5 nitrogen and oxygen atoms in total. The summed E-state index contributed by atoms with van der Waals surface area (Å²) in [5.41, 5.74) is -0.288. The molecule has 0 saturated heterocycles. The first-order chi connectivity index (χ1) is 10.8. The zero-order valence-corrected chi connectivity index (χ0v) is 19.0. The molecule has 0 aromatic heterocycles. The maximum absolute atomic E-state index is 5.97. The lowest BCUT2D eigenvalue weighted by molar-refractivity contribution is -0.0346. The molecule has 0 amide bonds. The lowest BCUT2D eigenvalue weighted by Crippen LogP contribution is -2.44. The first kappa shape index (κ1) is 23.2. The van der Waals surface area contributed by atoms with Crippen LogP contribution in [0.1, 0.15) is 40.5 Å². The summed E-state index contributed by atoms with van der Waals surface area (Å²) in [5.74, 6) is 0. The van der Waals surface area contributed by atoms with Gasteiger partial charge < -0.3 is 23.6 Å². The molecule has 0 aromatic carbocycles. The molecule has 0 unspecified atom stereocenters. The van der Waals surface area contributed by atoms with Gasteiger partial charge in [0.05, 0.1) is 11.2 Å². The molecule has 0 heterocycles. The van der Waals surface area contributed by atoms with E-state index in [2.05, 4.69) is 33.0 Å². The van der Waals surface area contributed by atoms with Crippen LogP contribution < -0.4 is 5.32 Å². The molecule has 7 heteroatoms. The summed E-state index contributed by atoms with van der Waals surface area (Å²) in [4.78, 5) is 0. The van der Waals surface area contributed by atoms with E-state index in [9.17, 15) is 0 Å². The fourth-order valence-electron chi connectivity index (χ4n) is 2.16. The topological polar surface area (TPSA) is 49.0 Å². The molecule has 0 aliphatic heterocycles. The first-order valence-corrected chi connectivity index (χ1v) is 11.9. The first-order valence-electron chi connectivity index (χ1n) is 8.79. The van der Waals surface area contributed by atoms with Crippen molar-refractivity contribution >= 4 is 19.5 Å². The van der Waals surface area contributed by atoms with E-state index in [0.717, 1.165) is 39.1 Å². The van der Waals surface area contributed by atoms with Crippen molar-refractivity contribution in [3.8, 4) is 0 Å². The van der Waals surface area contributed by atoms with Gasteiger partial charge in [0.15, 0.2) is 19.5 Å². The number of nitrogens with one attached hydrogen (secondary N) is 1. The molecule has 0 aromatic rings. The van der Waals surface area contributed by atoms with Gasteiger partial charge >= 0.3 is 0 Å². The van der Waals surface area contributed by atoms with Crippen LogP contribution in [-0.2, 0) is 18.3 Å². The van der Waals surface area contributed by atoms with Crippen molar-refractivity contribution in [2.24, 2.45) is 0 Å². The molecular weight excluding hydrogens is 326 g/mol. The Morgan fingerprint density at radius 2 is 1.13 bits per heavy atom. The maximum Gasteiger partial charge on any atom is 0.161 e. The SMILES string of the molecule is CO[SiH2]CCCOC(C)(C)CNCC(C)(C)OCCC[SiH2]OC. The molecule has 0 spiro atoms. The number of hydrogen-bond acceptors (Lipinski definition) is 5. The molecule has 0 atom stereocenters. The van der Waals surface area contributed by atoms with E-state index < -0.39 is 0 Å². The second-order valence-corrected chi connectivity index (χ2v) is 10.6. The highest BCUT2D eigenvalue weighted by molar-refractivity contribution is 6.27. The lowest BCUT2D eigenvalue weighted by Gasteiger charge is -2.30. The molecule has 0 rings (SSSR count). The second kappa shape index (κ2) is 13.5. The van der Waals surface area contributed by atoms with Gasteiger partial charge in [-0.2, -0.15) is 0 Å². The summed E-state index contributed by atoms with van der Waals surface area (Å²) in [6.07, 6.45) is 2.20. The van der Waals surface area contributed by atoms with Crippen molar-refractivity contribution in [3.05, 3.63) is 0 Å².